The Labute approximate surface area is 171 Å². The minimum absolute atomic E-state index is 0.0479. The fraction of sp³-hybridized carbons (Fsp3) is 0.286. The van der Waals surface area contributed by atoms with Crippen LogP contribution in [0.3, 0.4) is 0 Å². The van der Waals surface area contributed by atoms with Crippen LogP contribution in [0.1, 0.15) is 30.3 Å². The number of carbonyl (C=O) groups is 1. The van der Waals surface area contributed by atoms with Crippen LogP contribution in [0.15, 0.2) is 40.9 Å². The number of benzene rings is 2. The van der Waals surface area contributed by atoms with Crippen molar-refractivity contribution in [1.29, 1.82) is 0 Å². The molecule has 0 radical (unpaired) electrons. The van der Waals surface area contributed by atoms with E-state index in [1.165, 1.54) is 24.1 Å². The van der Waals surface area contributed by atoms with Gasteiger partial charge < -0.3 is 18.9 Å². The van der Waals surface area contributed by atoms with Crippen LogP contribution in [0.25, 0.3) is 11.4 Å². The molecule has 1 fully saturated rings. The van der Waals surface area contributed by atoms with Crippen LogP contribution >= 0.6 is 0 Å². The molecule has 1 unspecified atom stereocenters. The normalized spacial score (nSPS) is 16.2. The van der Waals surface area contributed by atoms with E-state index in [0.29, 0.717) is 34.9 Å². The van der Waals surface area contributed by atoms with Gasteiger partial charge in [0.05, 0.1) is 14.2 Å². The molecule has 1 aliphatic heterocycles. The maximum atomic E-state index is 13.5. The summed E-state index contributed by atoms with van der Waals surface area (Å²) in [5, 5.41) is 4.02. The molecule has 2 heterocycles. The first-order valence-corrected chi connectivity index (χ1v) is 9.29. The molecular weight excluding hydrogens is 396 g/mol. The lowest BCUT2D eigenvalue weighted by Crippen LogP contribution is -2.27. The minimum Gasteiger partial charge on any atom is -0.493 e. The number of carbonyl (C=O) groups excluding carboxylic acids is 1. The fourth-order valence-electron chi connectivity index (χ4n) is 3.55. The summed E-state index contributed by atoms with van der Waals surface area (Å²) in [6, 6.07) is 7.95. The average Bonchev–Trinajstić information content (AvgIpc) is 3.34. The highest BCUT2D eigenvalue weighted by atomic mass is 19.1. The summed E-state index contributed by atoms with van der Waals surface area (Å²) < 4.78 is 43.0. The minimum atomic E-state index is -0.693. The molecule has 156 valence electrons. The monoisotopic (exact) mass is 415 g/mol. The van der Waals surface area contributed by atoms with Crippen molar-refractivity contribution in [3.05, 3.63) is 59.5 Å². The molecule has 7 nitrogen and oxygen atoms in total. The number of rotatable bonds is 6. The van der Waals surface area contributed by atoms with Crippen molar-refractivity contribution < 1.29 is 27.6 Å². The zero-order valence-electron chi connectivity index (χ0n) is 16.4. The summed E-state index contributed by atoms with van der Waals surface area (Å²) in [7, 11) is 3.07. The summed E-state index contributed by atoms with van der Waals surface area (Å²) in [6.45, 7) is 0.0479. The topological polar surface area (TPSA) is 77.7 Å². The molecule has 1 aliphatic rings. The van der Waals surface area contributed by atoms with Crippen molar-refractivity contribution in [2.45, 2.75) is 25.4 Å². The number of methoxy groups -OCH3 is 2. The maximum absolute atomic E-state index is 13.5. The second kappa shape index (κ2) is 8.10. The molecule has 0 N–H and O–H groups in total. The first-order chi connectivity index (χ1) is 14.5. The summed E-state index contributed by atoms with van der Waals surface area (Å²) in [5.74, 6) is 0.163. The van der Waals surface area contributed by atoms with Gasteiger partial charge >= 0.3 is 0 Å². The molecule has 1 saturated heterocycles. The smallest absolute Gasteiger partial charge is 0.249 e. The van der Waals surface area contributed by atoms with Crippen molar-refractivity contribution in [3.63, 3.8) is 0 Å². The van der Waals surface area contributed by atoms with Crippen LogP contribution in [-0.4, -0.2) is 35.2 Å². The second-order valence-corrected chi connectivity index (χ2v) is 6.88. The van der Waals surface area contributed by atoms with Crippen LogP contribution in [0, 0.1) is 11.6 Å². The molecule has 1 amide bonds. The molecule has 9 heteroatoms. The predicted molar refractivity (Wildman–Crippen MR) is 102 cm³/mol. The lowest BCUT2D eigenvalue weighted by Gasteiger charge is -2.22. The van der Waals surface area contributed by atoms with Gasteiger partial charge in [0.15, 0.2) is 11.5 Å². The van der Waals surface area contributed by atoms with Gasteiger partial charge in [0.25, 0.3) is 0 Å². The fourth-order valence-corrected chi connectivity index (χ4v) is 3.55. The van der Waals surface area contributed by atoms with E-state index in [1.54, 1.807) is 25.3 Å². The van der Waals surface area contributed by atoms with E-state index in [9.17, 15) is 13.6 Å². The SMILES string of the molecule is COc1ccc(-c2noc(C3CCC(=O)N3Cc3cc(F)cc(F)c3)n2)cc1OC. The van der Waals surface area contributed by atoms with E-state index >= 15 is 0 Å². The van der Waals surface area contributed by atoms with Crippen LogP contribution < -0.4 is 9.47 Å². The van der Waals surface area contributed by atoms with Gasteiger partial charge in [0.1, 0.15) is 17.7 Å². The third-order valence-electron chi connectivity index (χ3n) is 4.97. The number of ether oxygens (including phenoxy) is 2. The van der Waals surface area contributed by atoms with E-state index in [-0.39, 0.29) is 24.8 Å². The van der Waals surface area contributed by atoms with Crippen molar-refractivity contribution >= 4 is 5.91 Å². The highest BCUT2D eigenvalue weighted by Crippen LogP contribution is 2.36. The number of hydrogen-bond donors (Lipinski definition) is 0. The third kappa shape index (κ3) is 3.83. The Bertz CT molecular complexity index is 1070. The van der Waals surface area contributed by atoms with Crippen molar-refractivity contribution in [2.24, 2.45) is 0 Å². The highest BCUT2D eigenvalue weighted by molar-refractivity contribution is 5.78. The zero-order chi connectivity index (χ0) is 21.3. The van der Waals surface area contributed by atoms with Gasteiger partial charge in [0, 0.05) is 24.6 Å². The third-order valence-corrected chi connectivity index (χ3v) is 4.97. The van der Waals surface area contributed by atoms with Gasteiger partial charge in [-0.2, -0.15) is 4.98 Å². The largest absolute Gasteiger partial charge is 0.493 e. The Morgan fingerprint density at radius 2 is 1.83 bits per heavy atom. The number of likely N-dealkylation sites (tertiary alicyclic amines) is 1. The maximum Gasteiger partial charge on any atom is 0.249 e. The molecule has 0 spiro atoms. The van der Waals surface area contributed by atoms with E-state index < -0.39 is 17.7 Å². The van der Waals surface area contributed by atoms with E-state index in [4.69, 9.17) is 14.0 Å². The van der Waals surface area contributed by atoms with E-state index in [2.05, 4.69) is 10.1 Å². The molecular formula is C21H19F2N3O4. The van der Waals surface area contributed by atoms with Crippen LogP contribution in [0.5, 0.6) is 11.5 Å². The van der Waals surface area contributed by atoms with Gasteiger partial charge in [-0.05, 0) is 42.3 Å². The Kier molecular flexibility index (Phi) is 5.35. The summed E-state index contributed by atoms with van der Waals surface area (Å²) in [6.07, 6.45) is 0.765. The molecule has 1 aromatic heterocycles. The average molecular weight is 415 g/mol. The van der Waals surface area contributed by atoms with Gasteiger partial charge in [-0.25, -0.2) is 8.78 Å². The number of hydrogen-bond acceptors (Lipinski definition) is 6. The van der Waals surface area contributed by atoms with Crippen LogP contribution in [0.2, 0.25) is 0 Å². The summed E-state index contributed by atoms with van der Waals surface area (Å²) >= 11 is 0. The van der Waals surface area contributed by atoms with Crippen molar-refractivity contribution in [1.82, 2.24) is 15.0 Å². The molecule has 1 atom stereocenters. The summed E-state index contributed by atoms with van der Waals surface area (Å²) in [4.78, 5) is 18.3. The Hall–Kier alpha value is -3.49. The van der Waals surface area contributed by atoms with Crippen LogP contribution in [-0.2, 0) is 11.3 Å². The van der Waals surface area contributed by atoms with Crippen molar-refractivity contribution in [2.75, 3.05) is 14.2 Å². The molecule has 2 aromatic carbocycles. The quantitative estimate of drug-likeness (QED) is 0.608. The second-order valence-electron chi connectivity index (χ2n) is 6.88. The summed E-state index contributed by atoms with van der Waals surface area (Å²) in [5.41, 5.74) is 1.01. The van der Waals surface area contributed by atoms with E-state index in [1.807, 2.05) is 0 Å². The molecule has 3 aromatic rings. The van der Waals surface area contributed by atoms with Gasteiger partial charge in [-0.1, -0.05) is 5.16 Å². The van der Waals surface area contributed by atoms with Gasteiger partial charge in [-0.3, -0.25) is 4.79 Å². The van der Waals surface area contributed by atoms with Gasteiger partial charge in [-0.15, -0.1) is 0 Å². The molecule has 30 heavy (non-hydrogen) atoms. The van der Waals surface area contributed by atoms with Crippen LogP contribution in [0.4, 0.5) is 8.78 Å². The first kappa shape index (κ1) is 19.8. The molecule has 0 saturated carbocycles. The number of aromatic nitrogens is 2. The Morgan fingerprint density at radius 3 is 2.53 bits per heavy atom. The lowest BCUT2D eigenvalue weighted by molar-refractivity contribution is -0.130. The standard InChI is InChI=1S/C21H19F2N3O4/c1-28-17-5-3-13(9-18(17)29-2)20-24-21(30-25-20)16-4-6-19(27)26(16)11-12-7-14(22)10-15(23)8-12/h3,5,7-10,16H,4,6,11H2,1-2H3. The Morgan fingerprint density at radius 1 is 1.10 bits per heavy atom. The predicted octanol–water partition coefficient (Wildman–Crippen LogP) is 3.90. The van der Waals surface area contributed by atoms with Crippen molar-refractivity contribution in [3.8, 4) is 22.9 Å². The molecule has 0 bridgehead atoms. The number of nitrogens with zero attached hydrogens (tertiary/aromatic N) is 3. The zero-order valence-corrected chi connectivity index (χ0v) is 16.4. The highest BCUT2D eigenvalue weighted by Gasteiger charge is 2.36. The molecule has 4 rings (SSSR count). The Balaban J connectivity index is 1.59. The molecule has 0 aliphatic carbocycles. The number of halogens is 2. The first-order valence-electron chi connectivity index (χ1n) is 9.29. The lowest BCUT2D eigenvalue weighted by atomic mass is 10.1. The van der Waals surface area contributed by atoms with Gasteiger partial charge in [0.2, 0.25) is 17.6 Å². The number of amides is 1. The van der Waals surface area contributed by atoms with E-state index in [0.717, 1.165) is 6.07 Å².